The van der Waals surface area contributed by atoms with Gasteiger partial charge in [0.25, 0.3) is 0 Å². The van der Waals surface area contributed by atoms with Crippen LogP contribution in [0.25, 0.3) is 11.0 Å². The van der Waals surface area contributed by atoms with Gasteiger partial charge in [0.1, 0.15) is 17.1 Å². The van der Waals surface area contributed by atoms with Crippen molar-refractivity contribution in [1.82, 2.24) is 9.80 Å². The molecule has 4 nitrogen and oxygen atoms in total. The average Bonchev–Trinajstić information content (AvgIpc) is 3.06. The van der Waals surface area contributed by atoms with E-state index in [0.717, 1.165) is 48.7 Å². The van der Waals surface area contributed by atoms with Crippen LogP contribution in [0.2, 0.25) is 0 Å². The summed E-state index contributed by atoms with van der Waals surface area (Å²) < 4.78 is 11.4. The van der Waals surface area contributed by atoms with Crippen molar-refractivity contribution < 1.29 is 9.15 Å². The van der Waals surface area contributed by atoms with Crippen molar-refractivity contribution >= 4 is 11.0 Å². The number of ether oxygens (including phenoxy) is 1. The van der Waals surface area contributed by atoms with Crippen LogP contribution in [0.4, 0.5) is 0 Å². The quantitative estimate of drug-likeness (QED) is 0.839. The molecule has 0 spiro atoms. The predicted octanol–water partition coefficient (Wildman–Crippen LogP) is 4.21. The van der Waals surface area contributed by atoms with Gasteiger partial charge in [0.05, 0.1) is 12.5 Å². The Labute approximate surface area is 146 Å². The molecular weight excluding hydrogens is 300 g/mol. The minimum Gasteiger partial charge on any atom is -0.496 e. The first kappa shape index (κ1) is 18.8. The van der Waals surface area contributed by atoms with Gasteiger partial charge in [0.2, 0.25) is 0 Å². The molecule has 0 saturated carbocycles. The van der Waals surface area contributed by atoms with Crippen LogP contribution in [0.15, 0.2) is 28.7 Å². The molecule has 0 unspecified atom stereocenters. The highest BCUT2D eigenvalue weighted by atomic mass is 16.5. The van der Waals surface area contributed by atoms with Gasteiger partial charge < -0.3 is 19.0 Å². The van der Waals surface area contributed by atoms with E-state index < -0.39 is 0 Å². The molecule has 0 bridgehead atoms. The molecule has 4 heteroatoms. The summed E-state index contributed by atoms with van der Waals surface area (Å²) >= 11 is 0. The fourth-order valence-electron chi connectivity index (χ4n) is 2.95. The number of hydrogen-bond acceptors (Lipinski definition) is 4. The second-order valence-electron chi connectivity index (χ2n) is 6.59. The molecule has 1 fully saturated rings. The van der Waals surface area contributed by atoms with E-state index in [4.69, 9.17) is 9.15 Å². The van der Waals surface area contributed by atoms with Crippen molar-refractivity contribution in [2.24, 2.45) is 0 Å². The Morgan fingerprint density at radius 2 is 1.88 bits per heavy atom. The fraction of sp³-hybridized carbons (Fsp3) is 0.600. The van der Waals surface area contributed by atoms with E-state index in [-0.39, 0.29) is 0 Å². The number of piperidine rings is 1. The highest BCUT2D eigenvalue weighted by Gasteiger charge is 2.22. The maximum atomic E-state index is 5.99. The van der Waals surface area contributed by atoms with Gasteiger partial charge in [0.15, 0.2) is 0 Å². The Hall–Kier alpha value is -1.52. The third-order valence-corrected chi connectivity index (χ3v) is 4.96. The van der Waals surface area contributed by atoms with Gasteiger partial charge in [-0.1, -0.05) is 19.9 Å². The zero-order valence-corrected chi connectivity index (χ0v) is 15.8. The molecule has 3 rings (SSSR count). The van der Waals surface area contributed by atoms with Gasteiger partial charge in [-0.25, -0.2) is 0 Å². The SMILES string of the molecule is CCN(C)CC.COc1cccc2oc(C3CCN(C)CC3)cc12. The van der Waals surface area contributed by atoms with Crippen molar-refractivity contribution in [2.75, 3.05) is 47.4 Å². The van der Waals surface area contributed by atoms with Gasteiger partial charge in [-0.3, -0.25) is 0 Å². The van der Waals surface area contributed by atoms with E-state index >= 15 is 0 Å². The number of nitrogens with zero attached hydrogens (tertiary/aromatic N) is 2. The predicted molar refractivity (Wildman–Crippen MR) is 101 cm³/mol. The Morgan fingerprint density at radius 3 is 2.42 bits per heavy atom. The lowest BCUT2D eigenvalue weighted by atomic mass is 9.94. The molecule has 1 aliphatic rings. The van der Waals surface area contributed by atoms with E-state index in [1.165, 1.54) is 12.8 Å². The molecule has 0 amide bonds. The Bertz CT molecular complexity index is 611. The van der Waals surface area contributed by atoms with Crippen LogP contribution in [0.3, 0.4) is 0 Å². The molecule has 1 aromatic heterocycles. The third kappa shape index (κ3) is 4.74. The maximum absolute atomic E-state index is 5.99. The molecule has 1 saturated heterocycles. The van der Waals surface area contributed by atoms with E-state index in [1.807, 2.05) is 18.2 Å². The monoisotopic (exact) mass is 332 g/mol. The zero-order valence-electron chi connectivity index (χ0n) is 15.8. The molecule has 134 valence electrons. The van der Waals surface area contributed by atoms with Gasteiger partial charge in [-0.2, -0.15) is 0 Å². The fourth-order valence-corrected chi connectivity index (χ4v) is 2.95. The second kappa shape index (κ2) is 9.09. The van der Waals surface area contributed by atoms with Crippen LogP contribution in [-0.4, -0.2) is 57.2 Å². The number of benzene rings is 1. The summed E-state index contributed by atoms with van der Waals surface area (Å²) in [6.07, 6.45) is 2.36. The first-order chi connectivity index (χ1) is 11.6. The van der Waals surface area contributed by atoms with Crippen LogP contribution in [0.1, 0.15) is 38.4 Å². The number of methoxy groups -OCH3 is 1. The highest BCUT2D eigenvalue weighted by Crippen LogP contribution is 2.35. The van der Waals surface area contributed by atoms with Crippen LogP contribution in [0.5, 0.6) is 5.75 Å². The Kier molecular flexibility index (Phi) is 7.13. The van der Waals surface area contributed by atoms with E-state index in [1.54, 1.807) is 7.11 Å². The lowest BCUT2D eigenvalue weighted by Crippen LogP contribution is -2.29. The normalized spacial score (nSPS) is 16.2. The largest absolute Gasteiger partial charge is 0.496 e. The lowest BCUT2D eigenvalue weighted by molar-refractivity contribution is 0.242. The number of rotatable bonds is 4. The first-order valence-electron chi connectivity index (χ1n) is 9.02. The van der Waals surface area contributed by atoms with Crippen LogP contribution < -0.4 is 4.74 Å². The molecule has 1 aliphatic heterocycles. The summed E-state index contributed by atoms with van der Waals surface area (Å²) in [4.78, 5) is 4.62. The van der Waals surface area contributed by atoms with E-state index in [9.17, 15) is 0 Å². The molecule has 0 aliphatic carbocycles. The molecule has 2 heterocycles. The number of furan rings is 1. The van der Waals surface area contributed by atoms with Crippen LogP contribution in [0, 0.1) is 0 Å². The van der Waals surface area contributed by atoms with Crippen LogP contribution in [-0.2, 0) is 0 Å². The zero-order chi connectivity index (χ0) is 17.5. The van der Waals surface area contributed by atoms with Crippen LogP contribution >= 0.6 is 0 Å². The molecule has 0 atom stereocenters. The number of hydrogen-bond donors (Lipinski definition) is 0. The van der Waals surface area contributed by atoms with Gasteiger partial charge in [0, 0.05) is 5.92 Å². The molecular formula is C20H32N2O2. The molecule has 1 aromatic carbocycles. The van der Waals surface area contributed by atoms with Crippen molar-refractivity contribution in [3.63, 3.8) is 0 Å². The Morgan fingerprint density at radius 1 is 1.21 bits per heavy atom. The second-order valence-corrected chi connectivity index (χ2v) is 6.59. The minimum atomic E-state index is 0.554. The van der Waals surface area contributed by atoms with Crippen molar-refractivity contribution in [3.05, 3.63) is 30.0 Å². The van der Waals surface area contributed by atoms with Crippen molar-refractivity contribution in [3.8, 4) is 5.75 Å². The Balaban J connectivity index is 0.000000301. The maximum Gasteiger partial charge on any atom is 0.138 e. The molecule has 0 N–H and O–H groups in total. The minimum absolute atomic E-state index is 0.554. The summed E-state index contributed by atoms with van der Waals surface area (Å²) in [6.45, 7) is 8.94. The first-order valence-corrected chi connectivity index (χ1v) is 9.02. The van der Waals surface area contributed by atoms with E-state index in [0.29, 0.717) is 5.92 Å². The summed E-state index contributed by atoms with van der Waals surface area (Å²) in [5.74, 6) is 2.57. The number of likely N-dealkylation sites (tertiary alicyclic amines) is 1. The molecule has 24 heavy (non-hydrogen) atoms. The summed E-state index contributed by atoms with van der Waals surface area (Å²) in [5, 5.41) is 1.09. The van der Waals surface area contributed by atoms with Crippen molar-refractivity contribution in [1.29, 1.82) is 0 Å². The number of fused-ring (bicyclic) bond motifs is 1. The van der Waals surface area contributed by atoms with E-state index in [2.05, 4.69) is 43.8 Å². The van der Waals surface area contributed by atoms with Gasteiger partial charge in [-0.05, 0) is 71.3 Å². The summed E-state index contributed by atoms with van der Waals surface area (Å²) in [7, 11) is 5.99. The average molecular weight is 332 g/mol. The molecule has 2 aromatic rings. The molecule has 0 radical (unpaired) electrons. The third-order valence-electron chi connectivity index (χ3n) is 4.96. The van der Waals surface area contributed by atoms with Gasteiger partial charge in [-0.15, -0.1) is 0 Å². The standard InChI is InChI=1S/C15H19NO2.C5H13N/c1-16-8-6-11(7-9-16)15-10-12-13(17-2)4-3-5-14(12)18-15;1-4-6(3)5-2/h3-5,10-11H,6-9H2,1-2H3;4-5H2,1-3H3. The summed E-state index contributed by atoms with van der Waals surface area (Å²) in [6, 6.07) is 8.12. The highest BCUT2D eigenvalue weighted by molar-refractivity contribution is 5.84. The summed E-state index contributed by atoms with van der Waals surface area (Å²) in [5.41, 5.74) is 0.934. The van der Waals surface area contributed by atoms with Crippen molar-refractivity contribution in [2.45, 2.75) is 32.6 Å². The topological polar surface area (TPSA) is 28.9 Å². The van der Waals surface area contributed by atoms with Gasteiger partial charge >= 0.3 is 0 Å². The smallest absolute Gasteiger partial charge is 0.138 e. The lowest BCUT2D eigenvalue weighted by Gasteiger charge is -2.27.